The van der Waals surface area contributed by atoms with Gasteiger partial charge in [-0.3, -0.25) is 0 Å². The summed E-state index contributed by atoms with van der Waals surface area (Å²) < 4.78 is 21.0. The van der Waals surface area contributed by atoms with Gasteiger partial charge in [-0.2, -0.15) is 0 Å². The third-order valence-electron chi connectivity index (χ3n) is 2.92. The molecular formula is C16H28O6Si. The summed E-state index contributed by atoms with van der Waals surface area (Å²) in [6, 6.07) is 1.73. The van der Waals surface area contributed by atoms with E-state index in [0.29, 0.717) is 25.4 Å². The minimum atomic E-state index is -1.48. The quantitative estimate of drug-likeness (QED) is 0.158. The summed E-state index contributed by atoms with van der Waals surface area (Å²) in [7, 11) is -1.48. The van der Waals surface area contributed by atoms with Crippen LogP contribution in [0, 0.1) is 0 Å². The Kier molecular flexibility index (Phi) is 13.3. The summed E-state index contributed by atoms with van der Waals surface area (Å²) in [5.74, 6) is -0.778. The number of carbonyl (C=O) groups excluding carboxylic acids is 2. The average Bonchev–Trinajstić information content (AvgIpc) is 2.54. The van der Waals surface area contributed by atoms with Crippen molar-refractivity contribution in [2.24, 2.45) is 0 Å². The Morgan fingerprint density at radius 2 is 1.74 bits per heavy atom. The second-order valence-corrected chi connectivity index (χ2v) is 7.70. The maximum Gasteiger partial charge on any atom is 0.333 e. The number of rotatable bonds is 14. The van der Waals surface area contributed by atoms with Gasteiger partial charge in [-0.1, -0.05) is 13.2 Å². The second kappa shape index (κ2) is 14.2. The monoisotopic (exact) mass is 344 g/mol. The Morgan fingerprint density at radius 3 is 2.26 bits per heavy atom. The van der Waals surface area contributed by atoms with E-state index in [1.165, 1.54) is 0 Å². The SMILES string of the molecule is C=CC(=O)OCCC[SiH](CCCOC(=O)C(=C)C)OCOCC. The van der Waals surface area contributed by atoms with Crippen molar-refractivity contribution >= 4 is 21.0 Å². The van der Waals surface area contributed by atoms with Gasteiger partial charge >= 0.3 is 11.9 Å². The van der Waals surface area contributed by atoms with Crippen molar-refractivity contribution in [3.05, 3.63) is 24.8 Å². The fourth-order valence-electron chi connectivity index (χ4n) is 1.68. The number of ether oxygens (including phenoxy) is 3. The van der Waals surface area contributed by atoms with Gasteiger partial charge in [0.1, 0.15) is 6.79 Å². The standard InChI is InChI=1S/C16H28O6Si/c1-5-15(17)20-9-7-11-23(22-13-19-6-2)12-8-10-21-16(18)14(3)4/h5,23H,1,3,6-13H2,2,4H3. The molecular weight excluding hydrogens is 316 g/mol. The van der Waals surface area contributed by atoms with Gasteiger partial charge in [0.2, 0.25) is 0 Å². The molecule has 0 aliphatic carbocycles. The van der Waals surface area contributed by atoms with Crippen LogP contribution in [0.15, 0.2) is 24.8 Å². The van der Waals surface area contributed by atoms with Crippen LogP contribution in [-0.2, 0) is 28.2 Å². The Morgan fingerprint density at radius 1 is 1.13 bits per heavy atom. The Hall–Kier alpha value is -1.44. The van der Waals surface area contributed by atoms with Crippen molar-refractivity contribution in [1.82, 2.24) is 0 Å². The molecule has 0 aromatic rings. The van der Waals surface area contributed by atoms with Gasteiger partial charge < -0.3 is 18.6 Å². The molecule has 1 atom stereocenters. The molecule has 0 N–H and O–H groups in total. The molecule has 1 unspecified atom stereocenters. The highest BCUT2D eigenvalue weighted by Crippen LogP contribution is 2.09. The van der Waals surface area contributed by atoms with Gasteiger partial charge in [-0.25, -0.2) is 9.59 Å². The van der Waals surface area contributed by atoms with Crippen LogP contribution in [0.3, 0.4) is 0 Å². The first-order valence-electron chi connectivity index (χ1n) is 7.82. The van der Waals surface area contributed by atoms with E-state index in [1.54, 1.807) is 6.92 Å². The van der Waals surface area contributed by atoms with Crippen LogP contribution in [0.1, 0.15) is 26.7 Å². The molecule has 0 aliphatic heterocycles. The van der Waals surface area contributed by atoms with Crippen LogP contribution in [0.4, 0.5) is 0 Å². The molecule has 0 amide bonds. The molecule has 0 bridgehead atoms. The predicted octanol–water partition coefficient (Wildman–Crippen LogP) is 2.35. The Bertz CT molecular complexity index is 383. The lowest BCUT2D eigenvalue weighted by atomic mass is 10.4. The van der Waals surface area contributed by atoms with Gasteiger partial charge in [0.25, 0.3) is 0 Å². The minimum Gasteiger partial charge on any atom is -0.463 e. The van der Waals surface area contributed by atoms with Crippen LogP contribution in [-0.4, -0.2) is 47.6 Å². The molecule has 0 aromatic carbocycles. The molecule has 7 heteroatoms. The molecule has 0 aromatic heterocycles. The van der Waals surface area contributed by atoms with E-state index >= 15 is 0 Å². The van der Waals surface area contributed by atoms with Gasteiger partial charge in [0.15, 0.2) is 9.04 Å². The van der Waals surface area contributed by atoms with Gasteiger partial charge in [-0.15, -0.1) is 0 Å². The first-order valence-corrected chi connectivity index (χ1v) is 9.92. The lowest BCUT2D eigenvalue weighted by Crippen LogP contribution is -2.21. The topological polar surface area (TPSA) is 71.1 Å². The maximum atomic E-state index is 11.3. The molecule has 0 spiro atoms. The van der Waals surface area contributed by atoms with Crippen molar-refractivity contribution in [2.75, 3.05) is 26.6 Å². The summed E-state index contributed by atoms with van der Waals surface area (Å²) in [4.78, 5) is 22.2. The number of esters is 2. The Balaban J connectivity index is 3.98. The summed E-state index contributed by atoms with van der Waals surface area (Å²) in [5.41, 5.74) is 0.399. The number of hydrogen-bond donors (Lipinski definition) is 0. The molecule has 0 rings (SSSR count). The van der Waals surface area contributed by atoms with Crippen molar-refractivity contribution in [3.63, 3.8) is 0 Å². The fraction of sp³-hybridized carbons (Fsp3) is 0.625. The smallest absolute Gasteiger partial charge is 0.333 e. The van der Waals surface area contributed by atoms with E-state index in [9.17, 15) is 9.59 Å². The molecule has 0 heterocycles. The van der Waals surface area contributed by atoms with Crippen LogP contribution < -0.4 is 0 Å². The van der Waals surface area contributed by atoms with Crippen LogP contribution >= 0.6 is 0 Å². The highest BCUT2D eigenvalue weighted by atomic mass is 28.3. The number of carbonyl (C=O) groups is 2. The normalized spacial score (nSPS) is 11.6. The number of hydrogen-bond acceptors (Lipinski definition) is 6. The molecule has 0 radical (unpaired) electrons. The van der Waals surface area contributed by atoms with Crippen LogP contribution in [0.2, 0.25) is 12.1 Å². The zero-order valence-corrected chi connectivity index (χ0v) is 15.3. The highest BCUT2D eigenvalue weighted by Gasteiger charge is 2.13. The molecule has 6 nitrogen and oxygen atoms in total. The van der Waals surface area contributed by atoms with Crippen molar-refractivity contribution in [3.8, 4) is 0 Å². The fourth-order valence-corrected chi connectivity index (χ4v) is 3.84. The van der Waals surface area contributed by atoms with Crippen molar-refractivity contribution in [1.29, 1.82) is 0 Å². The van der Waals surface area contributed by atoms with E-state index in [0.717, 1.165) is 31.0 Å². The summed E-state index contributed by atoms with van der Waals surface area (Å²) in [6.45, 7) is 12.0. The largest absolute Gasteiger partial charge is 0.463 e. The molecule has 23 heavy (non-hydrogen) atoms. The van der Waals surface area contributed by atoms with Crippen molar-refractivity contribution < 1.29 is 28.2 Å². The second-order valence-electron chi connectivity index (χ2n) is 4.97. The minimum absolute atomic E-state index is 0.283. The molecule has 0 saturated heterocycles. The van der Waals surface area contributed by atoms with E-state index in [4.69, 9.17) is 18.6 Å². The predicted molar refractivity (Wildman–Crippen MR) is 90.5 cm³/mol. The lowest BCUT2D eigenvalue weighted by Gasteiger charge is -2.16. The van der Waals surface area contributed by atoms with Gasteiger partial charge in [0.05, 0.1) is 13.2 Å². The van der Waals surface area contributed by atoms with Crippen molar-refractivity contribution in [2.45, 2.75) is 38.8 Å². The Labute approximate surface area is 140 Å². The first-order chi connectivity index (χ1) is 11.0. The first kappa shape index (κ1) is 21.6. The van der Waals surface area contributed by atoms with Gasteiger partial charge in [-0.05, 0) is 38.8 Å². The highest BCUT2D eigenvalue weighted by molar-refractivity contribution is 6.51. The summed E-state index contributed by atoms with van der Waals surface area (Å²) in [5, 5.41) is 0. The zero-order valence-electron chi connectivity index (χ0n) is 14.2. The molecule has 0 saturated carbocycles. The lowest BCUT2D eigenvalue weighted by molar-refractivity contribution is -0.139. The van der Waals surface area contributed by atoms with E-state index in [2.05, 4.69) is 13.2 Å². The maximum absolute atomic E-state index is 11.3. The summed E-state index contributed by atoms with van der Waals surface area (Å²) in [6.07, 6.45) is 2.64. The third kappa shape index (κ3) is 12.8. The molecule has 132 valence electrons. The summed E-state index contributed by atoms with van der Waals surface area (Å²) >= 11 is 0. The van der Waals surface area contributed by atoms with E-state index < -0.39 is 15.0 Å². The zero-order chi connectivity index (χ0) is 17.5. The average molecular weight is 344 g/mol. The molecule has 0 aliphatic rings. The van der Waals surface area contributed by atoms with Crippen LogP contribution in [0.25, 0.3) is 0 Å². The molecule has 0 fully saturated rings. The van der Waals surface area contributed by atoms with Gasteiger partial charge in [0, 0.05) is 18.3 Å². The van der Waals surface area contributed by atoms with E-state index in [-0.39, 0.29) is 12.8 Å². The van der Waals surface area contributed by atoms with E-state index in [1.807, 2.05) is 6.92 Å². The third-order valence-corrected chi connectivity index (χ3v) is 5.64. The van der Waals surface area contributed by atoms with Crippen LogP contribution in [0.5, 0.6) is 0 Å².